The lowest BCUT2D eigenvalue weighted by Gasteiger charge is -1.99. The molecule has 0 aromatic rings. The van der Waals surface area contributed by atoms with Crippen LogP contribution in [-0.4, -0.2) is 49.2 Å². The zero-order chi connectivity index (χ0) is 14.6. The topological polar surface area (TPSA) is 76.0 Å². The van der Waals surface area contributed by atoms with Gasteiger partial charge in [0.15, 0.2) is 0 Å². The average Bonchev–Trinajstić information content (AvgIpc) is 2.39. The Labute approximate surface area is 111 Å². The van der Waals surface area contributed by atoms with Crippen molar-refractivity contribution < 1.29 is 24.5 Å². The molecule has 2 N–H and O–H groups in total. The number of aliphatic hydroxyl groups excluding tert-OH is 2. The molecule has 0 unspecified atom stereocenters. The van der Waals surface area contributed by atoms with Gasteiger partial charge in [-0.3, -0.25) is 4.79 Å². The normalized spacial score (nSPS) is 8.56. The molecule has 112 valence electrons. The van der Waals surface area contributed by atoms with Crippen molar-refractivity contribution in [3.8, 4) is 0 Å². The minimum absolute atomic E-state index is 0.0700. The van der Waals surface area contributed by atoms with Gasteiger partial charge < -0.3 is 19.7 Å². The molecule has 5 nitrogen and oxygen atoms in total. The van der Waals surface area contributed by atoms with Crippen molar-refractivity contribution in [2.45, 2.75) is 47.0 Å². The maximum Gasteiger partial charge on any atom is 0.305 e. The Morgan fingerprint density at radius 1 is 0.944 bits per heavy atom. The van der Waals surface area contributed by atoms with Crippen molar-refractivity contribution in [1.29, 1.82) is 0 Å². The van der Waals surface area contributed by atoms with E-state index < -0.39 is 0 Å². The van der Waals surface area contributed by atoms with Gasteiger partial charge in [-0.05, 0) is 26.7 Å². The highest BCUT2D eigenvalue weighted by molar-refractivity contribution is 5.69. The van der Waals surface area contributed by atoms with E-state index in [0.29, 0.717) is 13.0 Å². The van der Waals surface area contributed by atoms with Gasteiger partial charge in [0, 0.05) is 19.6 Å². The molecular formula is C13H30O5. The predicted octanol–water partition coefficient (Wildman–Crippen LogP) is 1.75. The van der Waals surface area contributed by atoms with Crippen LogP contribution in [0, 0.1) is 0 Å². The van der Waals surface area contributed by atoms with Crippen LogP contribution in [0.15, 0.2) is 0 Å². The van der Waals surface area contributed by atoms with E-state index in [-0.39, 0.29) is 19.2 Å². The van der Waals surface area contributed by atoms with Crippen molar-refractivity contribution in [3.63, 3.8) is 0 Å². The van der Waals surface area contributed by atoms with Gasteiger partial charge >= 0.3 is 5.97 Å². The quantitative estimate of drug-likeness (QED) is 0.687. The van der Waals surface area contributed by atoms with Gasteiger partial charge in [-0.25, -0.2) is 0 Å². The van der Waals surface area contributed by atoms with E-state index in [0.717, 1.165) is 26.1 Å². The van der Waals surface area contributed by atoms with Crippen LogP contribution < -0.4 is 0 Å². The SMILES string of the molecule is CCCOC(=O)CCC.CCOCC.OCCO. The molecule has 0 amide bonds. The number of carbonyl (C=O) groups excluding carboxylic acids is 1. The molecule has 18 heavy (non-hydrogen) atoms. The highest BCUT2D eigenvalue weighted by Gasteiger charge is 1.96. The van der Waals surface area contributed by atoms with E-state index in [1.54, 1.807) is 0 Å². The first-order valence-electron chi connectivity index (χ1n) is 6.59. The maximum atomic E-state index is 10.6. The average molecular weight is 266 g/mol. The first kappa shape index (κ1) is 22.5. The number of hydrogen-bond donors (Lipinski definition) is 2. The van der Waals surface area contributed by atoms with Crippen LogP contribution in [0.3, 0.4) is 0 Å². The largest absolute Gasteiger partial charge is 0.466 e. The summed E-state index contributed by atoms with van der Waals surface area (Å²) in [4.78, 5) is 10.6. The lowest BCUT2D eigenvalue weighted by Crippen LogP contribution is -2.03. The third-order valence-electron chi connectivity index (χ3n) is 1.43. The van der Waals surface area contributed by atoms with E-state index in [1.165, 1.54) is 0 Å². The fourth-order valence-corrected chi connectivity index (χ4v) is 0.696. The Kier molecular flexibility index (Phi) is 31.6. The summed E-state index contributed by atoms with van der Waals surface area (Å²) < 4.78 is 9.63. The number of aliphatic hydroxyl groups is 2. The lowest BCUT2D eigenvalue weighted by molar-refractivity contribution is -0.143. The minimum Gasteiger partial charge on any atom is -0.466 e. The zero-order valence-electron chi connectivity index (χ0n) is 12.3. The Morgan fingerprint density at radius 3 is 1.67 bits per heavy atom. The van der Waals surface area contributed by atoms with Crippen molar-refractivity contribution >= 4 is 5.97 Å². The molecule has 0 bridgehead atoms. The van der Waals surface area contributed by atoms with Gasteiger partial charge in [-0.1, -0.05) is 13.8 Å². The Hall–Kier alpha value is -0.650. The zero-order valence-corrected chi connectivity index (χ0v) is 12.3. The van der Waals surface area contributed by atoms with Gasteiger partial charge in [0.05, 0.1) is 19.8 Å². The number of rotatable bonds is 7. The molecule has 0 aliphatic carbocycles. The van der Waals surface area contributed by atoms with Crippen molar-refractivity contribution in [1.82, 2.24) is 0 Å². The van der Waals surface area contributed by atoms with Gasteiger partial charge in [0.2, 0.25) is 0 Å². The summed E-state index contributed by atoms with van der Waals surface area (Å²) in [5.74, 6) is -0.0700. The second-order valence-electron chi connectivity index (χ2n) is 3.20. The summed E-state index contributed by atoms with van der Waals surface area (Å²) in [6.07, 6.45) is 2.35. The van der Waals surface area contributed by atoms with Gasteiger partial charge in [-0.15, -0.1) is 0 Å². The standard InChI is InChI=1S/C7H14O2.C4H10O.C2H6O2/c1-3-5-7(8)9-6-4-2;1-3-5-4-2;3-1-2-4/h3-6H2,1-2H3;3-4H2,1-2H3;3-4H,1-2H2. The smallest absolute Gasteiger partial charge is 0.305 e. The molecule has 0 aliphatic heterocycles. The monoisotopic (exact) mass is 266 g/mol. The van der Waals surface area contributed by atoms with Crippen LogP contribution in [0.4, 0.5) is 0 Å². The number of hydrogen-bond acceptors (Lipinski definition) is 5. The highest BCUT2D eigenvalue weighted by atomic mass is 16.5. The van der Waals surface area contributed by atoms with E-state index in [9.17, 15) is 4.79 Å². The molecule has 0 heterocycles. The molecule has 0 saturated carbocycles. The number of ether oxygens (including phenoxy) is 2. The van der Waals surface area contributed by atoms with Gasteiger partial charge in [0.1, 0.15) is 0 Å². The van der Waals surface area contributed by atoms with Crippen LogP contribution in [0.2, 0.25) is 0 Å². The molecule has 5 heteroatoms. The Bertz CT molecular complexity index is 135. The third kappa shape index (κ3) is 36.2. The summed E-state index contributed by atoms with van der Waals surface area (Å²) in [5.41, 5.74) is 0. The third-order valence-corrected chi connectivity index (χ3v) is 1.43. The molecule has 0 aliphatic rings. The summed E-state index contributed by atoms with van der Waals surface area (Å²) in [6.45, 7) is 9.94. The van der Waals surface area contributed by atoms with E-state index >= 15 is 0 Å². The first-order chi connectivity index (χ1) is 8.64. The van der Waals surface area contributed by atoms with Crippen LogP contribution >= 0.6 is 0 Å². The van der Waals surface area contributed by atoms with Crippen LogP contribution in [-0.2, 0) is 14.3 Å². The molecule has 0 atom stereocenters. The van der Waals surface area contributed by atoms with Crippen molar-refractivity contribution in [3.05, 3.63) is 0 Å². The van der Waals surface area contributed by atoms with Crippen molar-refractivity contribution in [2.24, 2.45) is 0 Å². The molecular weight excluding hydrogens is 236 g/mol. The fraction of sp³-hybridized carbons (Fsp3) is 0.923. The molecule has 0 fully saturated rings. The summed E-state index contributed by atoms with van der Waals surface area (Å²) >= 11 is 0. The lowest BCUT2D eigenvalue weighted by atomic mass is 10.3. The van der Waals surface area contributed by atoms with Crippen LogP contribution in [0.25, 0.3) is 0 Å². The molecule has 0 aromatic carbocycles. The van der Waals surface area contributed by atoms with E-state index in [1.807, 2.05) is 27.7 Å². The van der Waals surface area contributed by atoms with E-state index in [2.05, 4.69) is 0 Å². The molecule has 0 rings (SSSR count). The maximum absolute atomic E-state index is 10.6. The second-order valence-corrected chi connectivity index (χ2v) is 3.20. The summed E-state index contributed by atoms with van der Waals surface area (Å²) in [7, 11) is 0. The van der Waals surface area contributed by atoms with Crippen LogP contribution in [0.1, 0.15) is 47.0 Å². The number of carbonyl (C=O) groups is 1. The summed E-state index contributed by atoms with van der Waals surface area (Å²) in [6, 6.07) is 0. The first-order valence-corrected chi connectivity index (χ1v) is 6.59. The van der Waals surface area contributed by atoms with Crippen molar-refractivity contribution in [2.75, 3.05) is 33.0 Å². The molecule has 0 radical (unpaired) electrons. The van der Waals surface area contributed by atoms with Crippen LogP contribution in [0.5, 0.6) is 0 Å². The molecule has 0 aromatic heterocycles. The molecule has 0 spiro atoms. The van der Waals surface area contributed by atoms with Gasteiger partial charge in [-0.2, -0.15) is 0 Å². The summed E-state index contributed by atoms with van der Waals surface area (Å²) in [5, 5.41) is 15.2. The number of esters is 1. The highest BCUT2D eigenvalue weighted by Crippen LogP contribution is 1.91. The second kappa shape index (κ2) is 25.3. The minimum atomic E-state index is -0.125. The fourth-order valence-electron chi connectivity index (χ4n) is 0.696. The van der Waals surface area contributed by atoms with Gasteiger partial charge in [0.25, 0.3) is 0 Å². The Balaban J connectivity index is -0.000000212. The molecule has 0 saturated heterocycles. The van der Waals surface area contributed by atoms with E-state index in [4.69, 9.17) is 19.7 Å². The Morgan fingerprint density at radius 2 is 1.44 bits per heavy atom. The predicted molar refractivity (Wildman–Crippen MR) is 72.5 cm³/mol.